The Morgan fingerprint density at radius 2 is 1.56 bits per heavy atom. The van der Waals surface area contributed by atoms with Gasteiger partial charge in [0.1, 0.15) is 4.75 Å². The molecule has 0 aromatic heterocycles. The normalized spacial score (nSPS) is 13.1. The van der Waals surface area contributed by atoms with Crippen molar-refractivity contribution in [2.75, 3.05) is 0 Å². The molecule has 56 valence electrons. The van der Waals surface area contributed by atoms with E-state index < -0.39 is 20.5 Å². The van der Waals surface area contributed by atoms with Gasteiger partial charge in [-0.25, -0.2) is 8.42 Å². The third kappa shape index (κ3) is 1.79. The summed E-state index contributed by atoms with van der Waals surface area (Å²) in [4.78, 5) is 0. The summed E-state index contributed by atoms with van der Waals surface area (Å²) in [6.45, 7) is 0. The lowest BCUT2D eigenvalue weighted by atomic mass is 11.7. The molecule has 0 aromatic carbocycles. The van der Waals surface area contributed by atoms with Crippen LogP contribution in [0.15, 0.2) is 0 Å². The van der Waals surface area contributed by atoms with Crippen molar-refractivity contribution < 1.29 is 26.2 Å². The molecule has 0 amide bonds. The maximum atomic E-state index is 11.0. The van der Waals surface area contributed by atoms with Gasteiger partial charge in [-0.2, -0.15) is 8.78 Å². The smallest absolute Gasteiger partial charge is 0.201 e. The van der Waals surface area contributed by atoms with E-state index in [0.29, 0.717) is 0 Å². The molecule has 0 spiro atoms. The lowest BCUT2D eigenvalue weighted by molar-refractivity contribution is -0.0600. The predicted molar refractivity (Wildman–Crippen MR) is 19.0 cm³/mol. The molecule has 9 heavy (non-hydrogen) atoms. The molecule has 0 unspecified atom stereocenters. The molecular formula is CHF4NO2S. The van der Waals surface area contributed by atoms with Crippen LogP contribution >= 0.6 is 0 Å². The summed E-state index contributed by atoms with van der Waals surface area (Å²) < 4.78 is 60.0. The Kier molecular flexibility index (Phi) is 2.38. The number of nitrogens with zero attached hydrogens (tertiary/aromatic N) is 1. The molecule has 0 aliphatic heterocycles. The van der Waals surface area contributed by atoms with Crippen LogP contribution in [0.25, 0.3) is 0 Å². The zero-order valence-electron chi connectivity index (χ0n) is 3.76. The molecule has 8 heteroatoms. The second-order valence-corrected chi connectivity index (χ2v) is 2.64. The fourth-order valence-corrected chi connectivity index (χ4v) is 0.181. The topological polar surface area (TPSA) is 37.4 Å². The molecule has 0 heterocycles. The molecule has 0 N–H and O–H groups in total. The van der Waals surface area contributed by atoms with Crippen molar-refractivity contribution in [1.29, 1.82) is 0 Å². The van der Waals surface area contributed by atoms with Crippen molar-refractivity contribution >= 4 is 10.0 Å². The van der Waals surface area contributed by atoms with Gasteiger partial charge in [-0.15, -0.1) is 0 Å². The highest BCUT2D eigenvalue weighted by Gasteiger charge is 2.33. The average Bonchev–Trinajstić information content (AvgIpc) is 1.65. The summed E-state index contributed by atoms with van der Waals surface area (Å²) in [7, 11) is -5.65. The molecule has 0 bridgehead atoms. The van der Waals surface area contributed by atoms with Crippen LogP contribution in [0.4, 0.5) is 17.7 Å². The van der Waals surface area contributed by atoms with Gasteiger partial charge in [0.15, 0.2) is 0 Å². The lowest BCUT2D eigenvalue weighted by Crippen LogP contribution is -2.21. The zero-order valence-corrected chi connectivity index (χ0v) is 4.58. The van der Waals surface area contributed by atoms with E-state index >= 15 is 0 Å². The summed E-state index contributed by atoms with van der Waals surface area (Å²) >= 11 is 0. The second-order valence-electron chi connectivity index (χ2n) is 0.978. The van der Waals surface area contributed by atoms with Gasteiger partial charge in [0.05, 0.1) is 0 Å². The number of rotatable bonds is 2. The van der Waals surface area contributed by atoms with Crippen LogP contribution in [0.3, 0.4) is 0 Å². The van der Waals surface area contributed by atoms with E-state index in [0.717, 1.165) is 0 Å². The Bertz CT molecular complexity index is 159. The Balaban J connectivity index is 4.42. The molecule has 0 saturated carbocycles. The summed E-state index contributed by atoms with van der Waals surface area (Å²) in [5, 5.41) is 0. The van der Waals surface area contributed by atoms with Crippen molar-refractivity contribution in [2.45, 2.75) is 5.76 Å². The highest BCUT2D eigenvalue weighted by atomic mass is 32.2. The van der Waals surface area contributed by atoms with Crippen molar-refractivity contribution in [3.05, 3.63) is 0 Å². The van der Waals surface area contributed by atoms with Crippen LogP contribution in [-0.4, -0.2) is 18.9 Å². The van der Waals surface area contributed by atoms with E-state index in [1.54, 1.807) is 0 Å². The maximum Gasteiger partial charge on any atom is 0.355 e. The second kappa shape index (κ2) is 2.48. The Morgan fingerprint density at radius 1 is 1.22 bits per heavy atom. The quantitative estimate of drug-likeness (QED) is 0.446. The van der Waals surface area contributed by atoms with Gasteiger partial charge in [0.2, 0.25) is 0 Å². The summed E-state index contributed by atoms with van der Waals surface area (Å²) in [6.07, 6.45) is 0. The highest BCUT2D eigenvalue weighted by Crippen LogP contribution is 2.11. The van der Waals surface area contributed by atoms with Crippen LogP contribution in [0, 0.1) is 0 Å². The maximum absolute atomic E-state index is 11.0. The van der Waals surface area contributed by atoms with Gasteiger partial charge in [0, 0.05) is 0 Å². The predicted octanol–water partition coefficient (Wildman–Crippen LogP) is 0.610. The van der Waals surface area contributed by atoms with E-state index in [9.17, 15) is 26.2 Å². The van der Waals surface area contributed by atoms with E-state index in [4.69, 9.17) is 0 Å². The summed E-state index contributed by atoms with van der Waals surface area (Å²) in [5.41, 5.74) is 0. The SMILES string of the molecule is O=S(=O)(C(F)F)N(F)F. The number of hydrogen-bond acceptors (Lipinski definition) is 2. The van der Waals surface area contributed by atoms with Crippen LogP contribution in [-0.2, 0) is 10.0 Å². The number of sulfonamides is 1. The molecule has 0 aliphatic carbocycles. The third-order valence-corrected chi connectivity index (χ3v) is 1.25. The van der Waals surface area contributed by atoms with Crippen molar-refractivity contribution in [2.24, 2.45) is 0 Å². The molecule has 0 saturated heterocycles. The zero-order chi connectivity index (χ0) is 7.65. The van der Waals surface area contributed by atoms with Crippen LogP contribution in [0.5, 0.6) is 0 Å². The van der Waals surface area contributed by atoms with Crippen molar-refractivity contribution in [1.82, 2.24) is 4.75 Å². The minimum atomic E-state index is -5.65. The number of alkyl halides is 2. The first kappa shape index (κ1) is 8.63. The first-order valence-corrected chi connectivity index (χ1v) is 3.03. The number of halogens is 4. The third-order valence-electron chi connectivity index (χ3n) is 0.418. The highest BCUT2D eigenvalue weighted by molar-refractivity contribution is 7.89. The van der Waals surface area contributed by atoms with Gasteiger partial charge in [0.25, 0.3) is 0 Å². The van der Waals surface area contributed by atoms with Gasteiger partial charge in [-0.3, -0.25) is 0 Å². The van der Waals surface area contributed by atoms with E-state index in [2.05, 4.69) is 0 Å². The Hall–Kier alpha value is -0.370. The van der Waals surface area contributed by atoms with Crippen molar-refractivity contribution in [3.8, 4) is 0 Å². The number of hydrogen-bond donors (Lipinski definition) is 0. The van der Waals surface area contributed by atoms with Gasteiger partial charge < -0.3 is 0 Å². The van der Waals surface area contributed by atoms with E-state index in [1.807, 2.05) is 0 Å². The average molecular weight is 167 g/mol. The minimum absolute atomic E-state index is 2.52. The molecule has 0 atom stereocenters. The molecule has 3 nitrogen and oxygen atoms in total. The molecule has 0 rings (SSSR count). The fourth-order valence-electron chi connectivity index (χ4n) is 0.0602. The molecule has 0 aliphatic rings. The molecule has 0 radical (unpaired) electrons. The standard InChI is InChI=1S/CHF4NO2S/c2-1(3)9(7,8)6(4)5/h1H. The monoisotopic (exact) mass is 167 g/mol. The Labute approximate surface area is 47.8 Å². The molecular weight excluding hydrogens is 166 g/mol. The van der Waals surface area contributed by atoms with Gasteiger partial charge in [-0.1, -0.05) is 8.96 Å². The summed E-state index contributed by atoms with van der Waals surface area (Å²) in [6, 6.07) is 0. The first-order valence-electron chi connectivity index (χ1n) is 1.53. The largest absolute Gasteiger partial charge is 0.355 e. The van der Waals surface area contributed by atoms with Gasteiger partial charge >= 0.3 is 15.8 Å². The first-order chi connectivity index (χ1) is 3.89. The van der Waals surface area contributed by atoms with E-state index in [-0.39, 0.29) is 0 Å². The molecule has 0 aromatic rings. The lowest BCUT2D eigenvalue weighted by Gasteiger charge is -1.98. The van der Waals surface area contributed by atoms with Gasteiger partial charge in [-0.05, 0) is 0 Å². The minimum Gasteiger partial charge on any atom is -0.201 e. The van der Waals surface area contributed by atoms with Crippen LogP contribution in [0.1, 0.15) is 0 Å². The van der Waals surface area contributed by atoms with Crippen LogP contribution < -0.4 is 0 Å². The van der Waals surface area contributed by atoms with Crippen LogP contribution in [0.2, 0.25) is 0 Å². The van der Waals surface area contributed by atoms with E-state index in [1.165, 1.54) is 0 Å². The Morgan fingerprint density at radius 3 is 1.56 bits per heavy atom. The fraction of sp³-hybridized carbons (Fsp3) is 1.00. The molecule has 0 fully saturated rings. The van der Waals surface area contributed by atoms with Crippen molar-refractivity contribution in [3.63, 3.8) is 0 Å². The summed E-state index contributed by atoms with van der Waals surface area (Å²) in [5.74, 6) is -4.06.